The number of nitriles is 1. The second-order valence-corrected chi connectivity index (χ2v) is 18.6. The molecule has 3 aliphatic heterocycles. The molecule has 20 heteroatoms. The summed E-state index contributed by atoms with van der Waals surface area (Å²) in [7, 11) is -0.904. The number of imide groups is 1. The van der Waals surface area contributed by atoms with Crippen LogP contribution in [-0.2, 0) is 26.8 Å². The Morgan fingerprint density at radius 2 is 1.84 bits per heavy atom. The van der Waals surface area contributed by atoms with Gasteiger partial charge in [-0.15, -0.1) is 0 Å². The number of carbonyl (C=O) groups is 2. The van der Waals surface area contributed by atoms with Gasteiger partial charge < -0.3 is 9.47 Å². The third-order valence-corrected chi connectivity index (χ3v) is 14.7. The van der Waals surface area contributed by atoms with Crippen molar-refractivity contribution >= 4 is 55.5 Å². The number of hydrogen-bond donors (Lipinski definition) is 2. The van der Waals surface area contributed by atoms with Gasteiger partial charge in [0.15, 0.2) is 17.4 Å². The van der Waals surface area contributed by atoms with E-state index in [2.05, 4.69) is 25.0 Å². The fourth-order valence-electron chi connectivity index (χ4n) is 9.57. The van der Waals surface area contributed by atoms with Crippen molar-refractivity contribution in [3.63, 3.8) is 0 Å². The Morgan fingerprint density at radius 1 is 1.05 bits per heavy atom. The fraction of sp³-hybridized carbons (Fsp3) is 0.442. The number of anilines is 2. The van der Waals surface area contributed by atoms with Gasteiger partial charge in [0.25, 0.3) is 5.56 Å². The Balaban J connectivity index is 0.858. The zero-order valence-corrected chi connectivity index (χ0v) is 35.8. The van der Waals surface area contributed by atoms with Crippen molar-refractivity contribution in [2.45, 2.75) is 75.5 Å². The molecule has 3 amide bonds. The average Bonchev–Trinajstić information content (AvgIpc) is 3.98. The van der Waals surface area contributed by atoms with Gasteiger partial charge in [0.2, 0.25) is 5.91 Å². The highest BCUT2D eigenvalue weighted by Gasteiger charge is 2.48. The molecule has 3 saturated heterocycles. The normalized spacial score (nSPS) is 23.3. The predicted octanol–water partition coefficient (Wildman–Crippen LogP) is 5.41. The summed E-state index contributed by atoms with van der Waals surface area (Å²) in [5, 5.41) is 17.5. The van der Waals surface area contributed by atoms with Gasteiger partial charge in [-0.2, -0.15) is 23.1 Å². The van der Waals surface area contributed by atoms with Crippen LogP contribution in [-0.4, -0.2) is 100 Å². The number of halogens is 2. The molecule has 1 saturated carbocycles. The van der Waals surface area contributed by atoms with Gasteiger partial charge in [-0.25, -0.2) is 18.6 Å². The summed E-state index contributed by atoms with van der Waals surface area (Å²) >= 11 is 0. The van der Waals surface area contributed by atoms with Crippen LogP contribution in [0.25, 0.3) is 21.8 Å². The van der Waals surface area contributed by atoms with Crippen molar-refractivity contribution in [1.29, 1.82) is 5.26 Å². The number of rotatable bonds is 10. The molecule has 2 atom stereocenters. The molecule has 1 spiro atoms. The Bertz CT molecular complexity index is 2890. The minimum absolute atomic E-state index is 0.0213. The van der Waals surface area contributed by atoms with Crippen molar-refractivity contribution in [1.82, 2.24) is 33.9 Å². The first-order valence-corrected chi connectivity index (χ1v) is 22.4. The quantitative estimate of drug-likeness (QED) is 0.182. The molecule has 330 valence electrons. The van der Waals surface area contributed by atoms with Gasteiger partial charge in [-0.3, -0.25) is 38.7 Å². The lowest BCUT2D eigenvalue weighted by molar-refractivity contribution is -0.120. The summed E-state index contributed by atoms with van der Waals surface area (Å²) in [6, 6.07) is 11.2. The number of likely N-dealkylation sites (tertiary alicyclic amines) is 1. The molecule has 17 nitrogen and oxygen atoms in total. The maximum absolute atomic E-state index is 15.8. The highest BCUT2D eigenvalue weighted by atomic mass is 32.2. The summed E-state index contributed by atoms with van der Waals surface area (Å²) in [6.07, 6.45) is 6.42. The molecule has 3 aromatic carbocycles. The molecule has 4 fully saturated rings. The molecule has 4 aliphatic rings. The number of aryl methyl sites for hydroxylation is 1. The van der Waals surface area contributed by atoms with Gasteiger partial charge in [0.05, 0.1) is 46.7 Å². The van der Waals surface area contributed by atoms with Crippen molar-refractivity contribution in [2.75, 3.05) is 49.5 Å². The standard InChI is InChI=1S/C43H46F2N10O7S/c1-4-51(2)63(59,60)50-36-12-10-33(44)39(32(36)21-46)62-28-9-11-35-30(17-28)41(57)55(24-47-35)27-20-43(61-22-27)14-16-53(23-43)26-7-5-25(6-8-26)29-19-37-31(18-34(29)45)40(49-52(37)3)54-15-13-38(56)48-42(54)58/h9-12,17-19,24-27,50H,4-8,13-16,20,22-23H2,1-3H3,(H,48,56,58). The number of amides is 3. The zero-order valence-electron chi connectivity index (χ0n) is 34.9. The number of carbonyl (C=O) groups excluding carboxylic acids is 2. The van der Waals surface area contributed by atoms with Crippen LogP contribution in [0.1, 0.15) is 75.0 Å². The maximum atomic E-state index is 15.8. The van der Waals surface area contributed by atoms with Crippen LogP contribution < -0.4 is 25.2 Å². The van der Waals surface area contributed by atoms with Gasteiger partial charge >= 0.3 is 16.2 Å². The first kappa shape index (κ1) is 42.3. The topological polar surface area (TPSA) is 197 Å². The lowest BCUT2D eigenvalue weighted by atomic mass is 9.80. The molecule has 0 radical (unpaired) electrons. The molecule has 2 unspecified atom stereocenters. The summed E-state index contributed by atoms with van der Waals surface area (Å²) in [5.41, 5.74) is 0.430. The number of hydrogen-bond acceptors (Lipinski definition) is 11. The summed E-state index contributed by atoms with van der Waals surface area (Å²) < 4.78 is 75.2. The van der Waals surface area contributed by atoms with E-state index in [0.29, 0.717) is 53.4 Å². The Morgan fingerprint density at radius 3 is 2.59 bits per heavy atom. The van der Waals surface area contributed by atoms with E-state index in [1.807, 2.05) is 12.1 Å². The Kier molecular flexibility index (Phi) is 10.9. The van der Waals surface area contributed by atoms with E-state index in [-0.39, 0.29) is 71.1 Å². The van der Waals surface area contributed by atoms with Gasteiger partial charge in [-0.1, -0.05) is 6.92 Å². The number of urea groups is 1. The van der Waals surface area contributed by atoms with Gasteiger partial charge in [-0.05, 0) is 86.1 Å². The minimum atomic E-state index is -4.03. The molecular formula is C43H46F2N10O7S. The number of ether oxygens (including phenoxy) is 2. The summed E-state index contributed by atoms with van der Waals surface area (Å²) in [5.74, 6) is -1.68. The van der Waals surface area contributed by atoms with Crippen molar-refractivity contribution < 1.29 is 36.3 Å². The largest absolute Gasteiger partial charge is 0.453 e. The van der Waals surface area contributed by atoms with Crippen molar-refractivity contribution in [2.24, 2.45) is 7.05 Å². The predicted molar refractivity (Wildman–Crippen MR) is 228 cm³/mol. The number of benzene rings is 3. The SMILES string of the molecule is CCN(C)S(=O)(=O)Nc1ccc(F)c(Oc2ccc3ncn(C4COC5(CCN(C6CCC(c7cc8c(cc7F)c(N7CCC(=O)NC7=O)nn8C)CC6)C5)C4)c(=O)c3c2)c1C#N. The average molecular weight is 885 g/mol. The molecule has 63 heavy (non-hydrogen) atoms. The number of aromatic nitrogens is 4. The zero-order chi connectivity index (χ0) is 44.4. The van der Waals surface area contributed by atoms with Crippen LogP contribution in [0.3, 0.4) is 0 Å². The fourth-order valence-corrected chi connectivity index (χ4v) is 10.5. The van der Waals surface area contributed by atoms with Crippen LogP contribution in [0.2, 0.25) is 0 Å². The van der Waals surface area contributed by atoms with E-state index >= 15 is 8.78 Å². The lowest BCUT2D eigenvalue weighted by Gasteiger charge is -2.35. The lowest BCUT2D eigenvalue weighted by Crippen LogP contribution is -2.49. The molecule has 0 bridgehead atoms. The number of nitrogens with one attached hydrogen (secondary N) is 2. The Hall–Kier alpha value is -6.01. The highest BCUT2D eigenvalue weighted by molar-refractivity contribution is 7.90. The first-order chi connectivity index (χ1) is 30.2. The molecular weight excluding hydrogens is 839 g/mol. The molecule has 5 aromatic rings. The van der Waals surface area contributed by atoms with Crippen molar-refractivity contribution in [3.8, 4) is 17.6 Å². The molecule has 2 N–H and O–H groups in total. The van der Waals surface area contributed by atoms with Gasteiger partial charge in [0, 0.05) is 64.5 Å². The molecule has 2 aromatic heterocycles. The van der Waals surface area contributed by atoms with E-state index in [9.17, 15) is 28.1 Å². The van der Waals surface area contributed by atoms with Crippen LogP contribution in [0, 0.1) is 23.0 Å². The highest BCUT2D eigenvalue weighted by Crippen LogP contribution is 2.44. The Labute approximate surface area is 361 Å². The van der Waals surface area contributed by atoms with E-state index in [1.165, 1.54) is 36.5 Å². The summed E-state index contributed by atoms with van der Waals surface area (Å²) in [6.45, 7) is 3.83. The second kappa shape index (κ2) is 16.3. The third kappa shape index (κ3) is 7.76. The molecule has 5 heterocycles. The van der Waals surface area contributed by atoms with E-state index in [1.54, 1.807) is 29.3 Å². The third-order valence-electron chi connectivity index (χ3n) is 13.1. The van der Waals surface area contributed by atoms with E-state index in [0.717, 1.165) is 55.1 Å². The van der Waals surface area contributed by atoms with E-state index < -0.39 is 33.4 Å². The molecule has 1 aliphatic carbocycles. The number of fused-ring (bicyclic) bond motifs is 2. The first-order valence-electron chi connectivity index (χ1n) is 21.0. The second-order valence-electron chi connectivity index (χ2n) is 16.8. The maximum Gasteiger partial charge on any atom is 0.329 e. The van der Waals surface area contributed by atoms with Crippen LogP contribution in [0.4, 0.5) is 25.1 Å². The van der Waals surface area contributed by atoms with Crippen molar-refractivity contribution in [3.05, 3.63) is 81.9 Å². The summed E-state index contributed by atoms with van der Waals surface area (Å²) in [4.78, 5) is 46.6. The van der Waals surface area contributed by atoms with Crippen LogP contribution in [0.15, 0.2) is 53.6 Å². The van der Waals surface area contributed by atoms with Gasteiger partial charge in [0.1, 0.15) is 23.2 Å². The number of nitrogens with zero attached hydrogens (tertiary/aromatic N) is 8. The molecule has 9 rings (SSSR count). The van der Waals surface area contributed by atoms with E-state index in [4.69, 9.17) is 9.47 Å². The monoisotopic (exact) mass is 884 g/mol. The van der Waals surface area contributed by atoms with Crippen LogP contribution in [0.5, 0.6) is 11.5 Å². The minimum Gasteiger partial charge on any atom is -0.453 e. The van der Waals surface area contributed by atoms with Crippen LogP contribution >= 0.6 is 0 Å². The smallest absolute Gasteiger partial charge is 0.329 e.